The maximum Gasteiger partial charge on any atom is 0.264 e. The van der Waals surface area contributed by atoms with Crippen molar-refractivity contribution in [3.63, 3.8) is 0 Å². The number of carbonyl (C=O) groups excluding carboxylic acids is 3. The number of amides is 3. The van der Waals surface area contributed by atoms with E-state index < -0.39 is 31.5 Å². The van der Waals surface area contributed by atoms with Gasteiger partial charge in [0.15, 0.2) is 13.9 Å². The lowest BCUT2D eigenvalue weighted by Crippen LogP contribution is -2.48. The first-order chi connectivity index (χ1) is 23.9. The van der Waals surface area contributed by atoms with Gasteiger partial charge in [0.2, 0.25) is 11.8 Å². The summed E-state index contributed by atoms with van der Waals surface area (Å²) in [6.07, 6.45) is 1.61. The number of aliphatic hydroxyl groups excluding tert-OH is 1. The number of rotatable bonds is 8. The fraction of sp³-hybridized carbons (Fsp3) is 0.447. The highest BCUT2D eigenvalue weighted by atomic mass is 79.9. The lowest BCUT2D eigenvalue weighted by atomic mass is 9.82. The molecule has 2 saturated heterocycles. The van der Waals surface area contributed by atoms with Crippen LogP contribution in [0.4, 0.5) is 11.4 Å². The second-order valence-corrected chi connectivity index (χ2v) is 19.7. The smallest absolute Gasteiger partial charge is 0.264 e. The number of aliphatic hydroxyl groups is 1. The van der Waals surface area contributed by atoms with Gasteiger partial charge in [0, 0.05) is 33.7 Å². The molecule has 0 radical (unpaired) electrons. The molecular weight excluding hydrogens is 716 g/mol. The normalized spacial score (nSPS) is 27.5. The zero-order valence-corrected chi connectivity index (χ0v) is 31.3. The summed E-state index contributed by atoms with van der Waals surface area (Å²) < 4.78 is 7.74. The summed E-state index contributed by atoms with van der Waals surface area (Å²) in [5.74, 6) is -0.904. The van der Waals surface area contributed by atoms with Gasteiger partial charge in [-0.25, -0.2) is 0 Å². The third-order valence-corrected chi connectivity index (χ3v) is 14.1. The van der Waals surface area contributed by atoms with Crippen LogP contribution in [0.2, 0.25) is 18.6 Å². The molecule has 12 heteroatoms. The third kappa shape index (κ3) is 6.24. The van der Waals surface area contributed by atoms with E-state index in [-0.39, 0.29) is 49.4 Å². The Morgan fingerprint density at radius 2 is 1.88 bits per heavy atom. The molecule has 4 aliphatic heterocycles. The topological polar surface area (TPSA) is 131 Å². The predicted octanol–water partition coefficient (Wildman–Crippen LogP) is 4.82. The van der Waals surface area contributed by atoms with Gasteiger partial charge in [-0.1, -0.05) is 59.3 Å². The number of hydrogen-bond acceptors (Lipinski definition) is 7. The Morgan fingerprint density at radius 1 is 1.10 bits per heavy atom. The van der Waals surface area contributed by atoms with Gasteiger partial charge in [0.1, 0.15) is 0 Å². The van der Waals surface area contributed by atoms with Crippen LogP contribution in [0.25, 0.3) is 0 Å². The Labute approximate surface area is 302 Å². The number of benzene rings is 3. The summed E-state index contributed by atoms with van der Waals surface area (Å²) in [6.45, 7) is 6.96. The highest BCUT2D eigenvalue weighted by Gasteiger charge is 2.66. The van der Waals surface area contributed by atoms with Gasteiger partial charge < -0.3 is 35.1 Å². The van der Waals surface area contributed by atoms with E-state index >= 15 is 0 Å². The second kappa shape index (κ2) is 13.6. The number of anilines is 2. The molecule has 4 heterocycles. The van der Waals surface area contributed by atoms with Crippen LogP contribution in [-0.4, -0.2) is 72.2 Å². The fourth-order valence-electron chi connectivity index (χ4n) is 8.81. The molecular formula is C38H45BrN4O6Si. The Kier molecular flexibility index (Phi) is 9.55. The number of halogens is 1. The van der Waals surface area contributed by atoms with Crippen molar-refractivity contribution in [3.05, 3.63) is 93.5 Å². The van der Waals surface area contributed by atoms with Crippen LogP contribution >= 0.6 is 15.9 Å². The van der Waals surface area contributed by atoms with Crippen LogP contribution in [0.5, 0.6) is 0 Å². The van der Waals surface area contributed by atoms with Gasteiger partial charge in [0.25, 0.3) is 5.91 Å². The van der Waals surface area contributed by atoms with E-state index in [1.54, 1.807) is 9.80 Å². The van der Waals surface area contributed by atoms with Crippen molar-refractivity contribution in [1.82, 2.24) is 10.2 Å². The third-order valence-electron chi connectivity index (χ3n) is 11.1. The van der Waals surface area contributed by atoms with Gasteiger partial charge >= 0.3 is 0 Å². The van der Waals surface area contributed by atoms with Gasteiger partial charge in [0.05, 0.1) is 43.4 Å². The average molecular weight is 762 g/mol. The Bertz CT molecular complexity index is 1810. The number of ether oxygens (including phenoxy) is 1. The standard InChI is InChI=1S/C38H45BrN4O6Si/c1-23-35(50(2,3)48)33(19-34(45)42-21-26-10-5-4-9-25(26)17-29(42)22-44)49-38(23)30-18-27(39)13-14-32(30)43(37(38)47)20-24-8-6-11-28(16-24)41-36(46)31-12-7-15-40-31/h4-6,8-11,13-14,16,18,23,29,31,33,35,40,44,48H,7,12,15,17,19-22H2,1-3H3,(H,41,46)/t23-,29-,31+,33+,35-,38+/m0/s1. The number of fused-ring (bicyclic) bond motifs is 3. The highest BCUT2D eigenvalue weighted by Crippen LogP contribution is 2.60. The van der Waals surface area contributed by atoms with Gasteiger partial charge in [-0.3, -0.25) is 14.4 Å². The molecule has 6 atom stereocenters. The first-order valence-corrected chi connectivity index (χ1v) is 21.3. The van der Waals surface area contributed by atoms with Crippen LogP contribution in [0.3, 0.4) is 0 Å². The molecule has 1 spiro atoms. The first-order valence-electron chi connectivity index (χ1n) is 17.5. The maximum atomic E-state index is 14.9. The maximum absolute atomic E-state index is 14.9. The summed E-state index contributed by atoms with van der Waals surface area (Å²) in [6, 6.07) is 20.7. The monoisotopic (exact) mass is 760 g/mol. The van der Waals surface area contributed by atoms with Crippen LogP contribution in [0.15, 0.2) is 71.2 Å². The summed E-state index contributed by atoms with van der Waals surface area (Å²) in [5.41, 5.74) is 3.27. The van der Waals surface area contributed by atoms with E-state index in [1.165, 1.54) is 0 Å². The molecule has 0 aliphatic carbocycles. The van der Waals surface area contributed by atoms with Crippen molar-refractivity contribution in [1.29, 1.82) is 0 Å². The van der Waals surface area contributed by atoms with Crippen LogP contribution < -0.4 is 15.5 Å². The minimum absolute atomic E-state index is 0.0133. The molecule has 0 aromatic heterocycles. The summed E-state index contributed by atoms with van der Waals surface area (Å²) in [7, 11) is -3.01. The summed E-state index contributed by atoms with van der Waals surface area (Å²) in [5, 5.41) is 16.5. The molecule has 3 amide bonds. The average Bonchev–Trinajstić information content (AvgIpc) is 3.78. The number of hydrogen-bond donors (Lipinski definition) is 4. The number of nitrogens with one attached hydrogen (secondary N) is 2. The molecule has 4 N–H and O–H groups in total. The molecule has 0 saturated carbocycles. The highest BCUT2D eigenvalue weighted by molar-refractivity contribution is 9.10. The lowest BCUT2D eigenvalue weighted by molar-refractivity contribution is -0.151. The second-order valence-electron chi connectivity index (χ2n) is 14.8. The molecule has 2 fully saturated rings. The van der Waals surface area contributed by atoms with E-state index in [9.17, 15) is 24.3 Å². The van der Waals surface area contributed by atoms with Crippen molar-refractivity contribution in [2.75, 3.05) is 23.4 Å². The van der Waals surface area contributed by atoms with E-state index in [0.29, 0.717) is 29.9 Å². The van der Waals surface area contributed by atoms with Crippen molar-refractivity contribution in [3.8, 4) is 0 Å². The zero-order chi connectivity index (χ0) is 35.4. The molecule has 0 bridgehead atoms. The fourth-order valence-corrected chi connectivity index (χ4v) is 11.7. The van der Waals surface area contributed by atoms with Crippen LogP contribution in [0, 0.1) is 5.92 Å². The molecule has 0 unspecified atom stereocenters. The molecule has 10 nitrogen and oxygen atoms in total. The molecule has 7 rings (SSSR count). The lowest BCUT2D eigenvalue weighted by Gasteiger charge is -2.37. The van der Waals surface area contributed by atoms with Crippen LogP contribution in [0.1, 0.15) is 48.4 Å². The van der Waals surface area contributed by atoms with E-state index in [1.807, 2.05) is 86.7 Å². The minimum atomic E-state index is -3.01. The molecule has 3 aromatic rings. The van der Waals surface area contributed by atoms with E-state index in [4.69, 9.17) is 4.74 Å². The summed E-state index contributed by atoms with van der Waals surface area (Å²) >= 11 is 3.62. The number of carbonyl (C=O) groups is 3. The Morgan fingerprint density at radius 3 is 2.60 bits per heavy atom. The quantitative estimate of drug-likeness (QED) is 0.242. The van der Waals surface area contributed by atoms with E-state index in [0.717, 1.165) is 40.5 Å². The molecule has 264 valence electrons. The number of nitrogens with zero attached hydrogens (tertiary/aromatic N) is 2. The predicted molar refractivity (Wildman–Crippen MR) is 197 cm³/mol. The van der Waals surface area contributed by atoms with Crippen molar-refractivity contribution < 1.29 is 29.0 Å². The molecule has 50 heavy (non-hydrogen) atoms. The van der Waals surface area contributed by atoms with Crippen molar-refractivity contribution >= 4 is 53.3 Å². The SMILES string of the molecule is C[C@H]1[C@H]([Si](C)(C)O)[C@@H](CC(=O)N2Cc3ccccc3C[C@H]2CO)O[C@]12C(=O)N(Cc1cccc(NC(=O)[C@H]3CCCN3)c1)c1ccc(Br)cc12. The van der Waals surface area contributed by atoms with Crippen molar-refractivity contribution in [2.45, 2.75) is 88.1 Å². The minimum Gasteiger partial charge on any atom is -0.432 e. The Hall–Kier alpha value is -3.39. The zero-order valence-electron chi connectivity index (χ0n) is 28.7. The first kappa shape index (κ1) is 35.0. The van der Waals surface area contributed by atoms with Crippen molar-refractivity contribution in [2.24, 2.45) is 5.92 Å². The largest absolute Gasteiger partial charge is 0.432 e. The van der Waals surface area contributed by atoms with Gasteiger partial charge in [-0.05, 0) is 85.9 Å². The van der Waals surface area contributed by atoms with E-state index in [2.05, 4.69) is 26.6 Å². The Balaban J connectivity index is 1.18. The van der Waals surface area contributed by atoms with Gasteiger partial charge in [-0.2, -0.15) is 0 Å². The van der Waals surface area contributed by atoms with Crippen LogP contribution in [-0.2, 0) is 44.2 Å². The summed E-state index contributed by atoms with van der Waals surface area (Å²) in [4.78, 5) is 57.1. The molecule has 4 aliphatic rings. The molecule has 3 aromatic carbocycles. The van der Waals surface area contributed by atoms with Gasteiger partial charge in [-0.15, -0.1) is 0 Å².